The lowest BCUT2D eigenvalue weighted by atomic mass is 10.2. The summed E-state index contributed by atoms with van der Waals surface area (Å²) in [5.74, 6) is -0.0652. The minimum atomic E-state index is -0.0652. The first-order valence-electron chi connectivity index (χ1n) is 5.60. The van der Waals surface area contributed by atoms with Crippen molar-refractivity contribution < 1.29 is 4.79 Å². The molecule has 0 aromatic heterocycles. The molecule has 0 saturated carbocycles. The monoisotopic (exact) mass is 241 g/mol. The highest BCUT2D eigenvalue weighted by molar-refractivity contribution is 5.99. The summed E-state index contributed by atoms with van der Waals surface area (Å²) in [5, 5.41) is 0. The fourth-order valence-corrected chi connectivity index (χ4v) is 1.76. The number of amides is 1. The lowest BCUT2D eigenvalue weighted by Gasteiger charge is -2.21. The molecule has 0 aliphatic rings. The summed E-state index contributed by atoms with van der Waals surface area (Å²) in [5.41, 5.74) is 14.2. The van der Waals surface area contributed by atoms with Crippen molar-refractivity contribution in [2.45, 2.75) is 6.92 Å². The molecule has 18 heavy (non-hydrogen) atoms. The van der Waals surface area contributed by atoms with Crippen LogP contribution in [0.25, 0.3) is 0 Å². The number of nitrogens with zero attached hydrogens (tertiary/aromatic N) is 1. The van der Waals surface area contributed by atoms with Crippen LogP contribution in [0, 0.1) is 0 Å². The molecule has 0 saturated heterocycles. The van der Waals surface area contributed by atoms with Gasteiger partial charge in [-0.1, -0.05) is 0 Å². The van der Waals surface area contributed by atoms with Crippen molar-refractivity contribution in [1.29, 1.82) is 0 Å². The number of nitrogens with two attached hydrogens (primary N) is 2. The fraction of sp³-hybridized carbons (Fsp3) is 0.0714. The summed E-state index contributed by atoms with van der Waals surface area (Å²) in [6.45, 7) is 1.52. The average molecular weight is 241 g/mol. The third-order valence-corrected chi connectivity index (χ3v) is 2.62. The third-order valence-electron chi connectivity index (χ3n) is 2.62. The van der Waals surface area contributed by atoms with E-state index in [0.29, 0.717) is 11.4 Å². The molecule has 2 aromatic carbocycles. The van der Waals surface area contributed by atoms with Gasteiger partial charge in [0, 0.05) is 29.7 Å². The molecule has 0 aliphatic heterocycles. The first-order chi connectivity index (χ1) is 8.58. The topological polar surface area (TPSA) is 72.3 Å². The van der Waals surface area contributed by atoms with Crippen LogP contribution >= 0.6 is 0 Å². The number of rotatable bonds is 2. The van der Waals surface area contributed by atoms with E-state index in [1.807, 2.05) is 24.3 Å². The summed E-state index contributed by atoms with van der Waals surface area (Å²) >= 11 is 0. The van der Waals surface area contributed by atoms with Gasteiger partial charge in [-0.05, 0) is 48.5 Å². The second kappa shape index (κ2) is 4.79. The minimum Gasteiger partial charge on any atom is -0.399 e. The highest BCUT2D eigenvalue weighted by Gasteiger charge is 2.13. The number of benzene rings is 2. The standard InChI is InChI=1S/C14H15N3O/c1-10(18)17(13-6-2-11(15)3-7-13)14-8-4-12(16)5-9-14/h2-9H,15-16H2,1H3. The summed E-state index contributed by atoms with van der Waals surface area (Å²) in [4.78, 5) is 13.4. The maximum Gasteiger partial charge on any atom is 0.228 e. The van der Waals surface area contributed by atoms with Gasteiger partial charge < -0.3 is 11.5 Å². The van der Waals surface area contributed by atoms with Gasteiger partial charge in [0.15, 0.2) is 0 Å². The van der Waals surface area contributed by atoms with Gasteiger partial charge >= 0.3 is 0 Å². The van der Waals surface area contributed by atoms with Crippen molar-refractivity contribution in [3.05, 3.63) is 48.5 Å². The van der Waals surface area contributed by atoms with E-state index < -0.39 is 0 Å². The molecule has 2 aromatic rings. The molecule has 2 rings (SSSR count). The third kappa shape index (κ3) is 2.43. The molecule has 0 radical (unpaired) electrons. The molecule has 0 atom stereocenters. The Morgan fingerprint density at radius 2 is 1.17 bits per heavy atom. The van der Waals surface area contributed by atoms with Crippen molar-refractivity contribution in [3.63, 3.8) is 0 Å². The van der Waals surface area contributed by atoms with Crippen LogP contribution in [0.3, 0.4) is 0 Å². The molecule has 1 amide bonds. The van der Waals surface area contributed by atoms with Crippen LogP contribution in [0.4, 0.5) is 22.7 Å². The zero-order valence-electron chi connectivity index (χ0n) is 10.1. The van der Waals surface area contributed by atoms with Crippen LogP contribution in [0.15, 0.2) is 48.5 Å². The van der Waals surface area contributed by atoms with E-state index in [1.165, 1.54) is 6.92 Å². The van der Waals surface area contributed by atoms with Crippen LogP contribution in [-0.2, 0) is 4.79 Å². The lowest BCUT2D eigenvalue weighted by molar-refractivity contribution is -0.115. The van der Waals surface area contributed by atoms with Crippen molar-refractivity contribution in [1.82, 2.24) is 0 Å². The van der Waals surface area contributed by atoms with Crippen molar-refractivity contribution in [2.24, 2.45) is 0 Å². The Balaban J connectivity index is 2.43. The van der Waals surface area contributed by atoms with E-state index in [9.17, 15) is 4.79 Å². The number of hydrogen-bond donors (Lipinski definition) is 2. The number of carbonyl (C=O) groups is 1. The van der Waals surface area contributed by atoms with Crippen LogP contribution in [0.5, 0.6) is 0 Å². The molecule has 4 N–H and O–H groups in total. The number of carbonyl (C=O) groups excluding carboxylic acids is 1. The molecular formula is C14H15N3O. The lowest BCUT2D eigenvalue weighted by Crippen LogP contribution is -2.22. The molecule has 4 heteroatoms. The van der Waals surface area contributed by atoms with Gasteiger partial charge in [0.1, 0.15) is 0 Å². The van der Waals surface area contributed by atoms with Crippen LogP contribution in [0.2, 0.25) is 0 Å². The Morgan fingerprint density at radius 1 is 0.833 bits per heavy atom. The van der Waals surface area contributed by atoms with E-state index in [-0.39, 0.29) is 5.91 Å². The largest absolute Gasteiger partial charge is 0.399 e. The zero-order chi connectivity index (χ0) is 13.1. The summed E-state index contributed by atoms with van der Waals surface area (Å²) in [6, 6.07) is 14.3. The molecule has 0 bridgehead atoms. The van der Waals surface area contributed by atoms with E-state index >= 15 is 0 Å². The predicted molar refractivity (Wildman–Crippen MR) is 74.5 cm³/mol. The summed E-state index contributed by atoms with van der Waals surface area (Å²) in [6.07, 6.45) is 0. The Hall–Kier alpha value is -2.49. The summed E-state index contributed by atoms with van der Waals surface area (Å²) < 4.78 is 0. The summed E-state index contributed by atoms with van der Waals surface area (Å²) in [7, 11) is 0. The Morgan fingerprint density at radius 3 is 1.44 bits per heavy atom. The van der Waals surface area contributed by atoms with E-state index in [1.54, 1.807) is 29.2 Å². The highest BCUT2D eigenvalue weighted by atomic mass is 16.2. The van der Waals surface area contributed by atoms with Crippen LogP contribution in [-0.4, -0.2) is 5.91 Å². The zero-order valence-corrected chi connectivity index (χ0v) is 10.1. The normalized spacial score (nSPS) is 10.1. The molecule has 92 valence electrons. The fourth-order valence-electron chi connectivity index (χ4n) is 1.76. The number of hydrogen-bond acceptors (Lipinski definition) is 3. The Bertz CT molecular complexity index is 501. The molecule has 0 aliphatic carbocycles. The smallest absolute Gasteiger partial charge is 0.228 e. The number of anilines is 4. The van der Waals surface area contributed by atoms with Crippen LogP contribution in [0.1, 0.15) is 6.92 Å². The molecule has 4 nitrogen and oxygen atoms in total. The van der Waals surface area contributed by atoms with Crippen molar-refractivity contribution in [3.8, 4) is 0 Å². The van der Waals surface area contributed by atoms with Gasteiger partial charge in [0.05, 0.1) is 0 Å². The molecule has 0 fully saturated rings. The Labute approximate surface area is 106 Å². The van der Waals surface area contributed by atoms with Gasteiger partial charge in [-0.25, -0.2) is 0 Å². The first kappa shape index (κ1) is 12.0. The first-order valence-corrected chi connectivity index (χ1v) is 5.60. The highest BCUT2D eigenvalue weighted by Crippen LogP contribution is 2.26. The van der Waals surface area contributed by atoms with Gasteiger partial charge in [-0.2, -0.15) is 0 Å². The molecule has 0 spiro atoms. The second-order valence-corrected chi connectivity index (χ2v) is 4.04. The van der Waals surface area contributed by atoms with Crippen molar-refractivity contribution >= 4 is 28.7 Å². The SMILES string of the molecule is CC(=O)N(c1ccc(N)cc1)c1ccc(N)cc1. The molecule has 0 heterocycles. The van der Waals surface area contributed by atoms with Gasteiger partial charge in [-0.3, -0.25) is 9.69 Å². The molecular weight excluding hydrogens is 226 g/mol. The predicted octanol–water partition coefficient (Wildman–Crippen LogP) is 2.54. The van der Waals surface area contributed by atoms with Gasteiger partial charge in [0.2, 0.25) is 5.91 Å². The van der Waals surface area contributed by atoms with E-state index in [4.69, 9.17) is 11.5 Å². The maximum atomic E-state index is 11.8. The van der Waals surface area contributed by atoms with Gasteiger partial charge in [0.25, 0.3) is 0 Å². The average Bonchev–Trinajstić information content (AvgIpc) is 2.34. The van der Waals surface area contributed by atoms with Crippen molar-refractivity contribution in [2.75, 3.05) is 16.4 Å². The van der Waals surface area contributed by atoms with E-state index in [2.05, 4.69) is 0 Å². The minimum absolute atomic E-state index is 0.0652. The van der Waals surface area contributed by atoms with Crippen LogP contribution < -0.4 is 16.4 Å². The second-order valence-electron chi connectivity index (χ2n) is 4.04. The Kier molecular flexibility index (Phi) is 3.19. The maximum absolute atomic E-state index is 11.8. The van der Waals surface area contributed by atoms with Gasteiger partial charge in [-0.15, -0.1) is 0 Å². The number of nitrogen functional groups attached to an aromatic ring is 2. The quantitative estimate of drug-likeness (QED) is 0.793. The molecule has 0 unspecified atom stereocenters. The van der Waals surface area contributed by atoms with E-state index in [0.717, 1.165) is 11.4 Å².